The molecule has 658 valence electrons. The Balaban J connectivity index is 0.000000494. The molecule has 0 saturated carbocycles. The third kappa shape index (κ3) is 39.5. The summed E-state index contributed by atoms with van der Waals surface area (Å²) in [5, 5.41) is 37.6. The van der Waals surface area contributed by atoms with Gasteiger partial charge >= 0.3 is 161 Å². The normalized spacial score (nSPS) is 15.5. The fourth-order valence-electron chi connectivity index (χ4n) is 11.7. The molecule has 4 N–H and O–H groups in total. The number of rotatable bonds is 14. The monoisotopic (exact) mass is 2190 g/mol. The minimum Gasteiger partial charge on any atom is -1.00 e. The second-order valence-corrected chi connectivity index (χ2v) is 32.0. The van der Waals surface area contributed by atoms with Gasteiger partial charge in [-0.1, -0.05) is 125 Å². The van der Waals surface area contributed by atoms with E-state index in [1.165, 1.54) is 13.8 Å². The summed E-state index contributed by atoms with van der Waals surface area (Å²) < 4.78 is 115. The van der Waals surface area contributed by atoms with Crippen LogP contribution in [0.4, 0.5) is 46.5 Å². The van der Waals surface area contributed by atoms with Gasteiger partial charge < -0.3 is 79.7 Å². The van der Waals surface area contributed by atoms with Gasteiger partial charge in [0.05, 0.1) is 49.3 Å². The maximum Gasteiger partial charge on any atom is 2.00 e. The van der Waals surface area contributed by atoms with Crippen LogP contribution in [0.5, 0.6) is 17.4 Å². The zero-order chi connectivity index (χ0) is 86.8. The van der Waals surface area contributed by atoms with Crippen molar-refractivity contribution in [1.82, 2.24) is 39.2 Å². The molecule has 0 radical (unpaired) electrons. The molecule has 5 saturated heterocycles. The Morgan fingerprint density at radius 3 is 1.21 bits per heavy atom. The number of ether oxygens (including phenoxy) is 6. The number of phenolic OH excluding ortho intramolecular Hbond substituents is 1. The van der Waals surface area contributed by atoms with Crippen molar-refractivity contribution in [2.24, 2.45) is 0 Å². The zero-order valence-corrected chi connectivity index (χ0v) is 90.9. The number of Topliss-reactive ketones (excluding diaryl/α,β-unsaturated/α-hetero) is 1. The molecule has 0 amide bonds. The van der Waals surface area contributed by atoms with Crippen molar-refractivity contribution in [1.29, 1.82) is 0 Å². The molecular formula is C84H94BrCl5Cs2F6MgN10O12S3. The summed E-state index contributed by atoms with van der Waals surface area (Å²) in [6, 6.07) is 48.0. The molecule has 5 aliphatic rings. The van der Waals surface area contributed by atoms with Gasteiger partial charge in [0.2, 0.25) is 5.88 Å². The summed E-state index contributed by atoms with van der Waals surface area (Å²) in [5.74, 6) is 1.50. The van der Waals surface area contributed by atoms with Crippen LogP contribution < -0.4 is 171 Å². The number of ketones is 1. The number of phenols is 1. The number of thiazole rings is 2. The topological polar surface area (TPSA) is 280 Å². The number of anilines is 4. The predicted octanol–water partition coefficient (Wildman–Crippen LogP) is 13.1. The van der Waals surface area contributed by atoms with Gasteiger partial charge in [-0.25, -0.2) is 48.1 Å². The number of nitrogens with one attached hydrogen (secondary N) is 2. The number of hydrogen-bond donors (Lipinski definition) is 4. The SMILES string of the molecule is CCN(CC)S(F)(F)F.C[CH-]C.Clc1ncccc1Br.FC1(c2cccnc2Cl)CCOCC1.FC1(c2cccnc2Cl)CCOCC1.FC1(c2cccnc2Oc2ccc(Nc3nc4ccccc4s3)cc2)CCOCC1.O=C1CCOCC1.O=CO[O-].OC1(c2cccnc2Cl)CCOCC1.Oc1ccc(Nc2nc3ccccc3s2)cc1.[Cl-].[Cs+].[Cs+].[H-].[Mg+2]. The van der Waals surface area contributed by atoms with Crippen molar-refractivity contribution in [3.8, 4) is 17.4 Å². The summed E-state index contributed by atoms with van der Waals surface area (Å²) in [5.41, 5.74) is 0.910. The van der Waals surface area contributed by atoms with Gasteiger partial charge in [-0.2, -0.15) is 18.2 Å². The number of benzene rings is 4. The van der Waals surface area contributed by atoms with Crippen LogP contribution in [0, 0.1) is 6.42 Å². The summed E-state index contributed by atoms with van der Waals surface area (Å²) >= 11 is 24.7. The first kappa shape index (κ1) is 115. The third-order valence-corrected chi connectivity index (χ3v) is 23.1. The van der Waals surface area contributed by atoms with E-state index < -0.39 is 34.0 Å². The van der Waals surface area contributed by atoms with E-state index in [-0.39, 0.29) is 210 Å². The fraction of sp³-hybridized carbons (Fsp3) is 0.357. The Hall–Kier alpha value is -2.84. The molecule has 7 aromatic heterocycles. The van der Waals surface area contributed by atoms with Crippen molar-refractivity contribution >= 4 is 174 Å². The van der Waals surface area contributed by atoms with Crippen LogP contribution in [-0.2, 0) is 60.8 Å². The molecule has 40 heteroatoms. The molecule has 0 bridgehead atoms. The third-order valence-electron chi connectivity index (χ3n) is 18.0. The molecule has 12 heterocycles. The molecule has 5 fully saturated rings. The van der Waals surface area contributed by atoms with Crippen LogP contribution in [0.25, 0.3) is 20.4 Å². The first-order valence-corrected chi connectivity index (χ1v) is 43.2. The Morgan fingerprint density at radius 1 is 0.540 bits per heavy atom. The second kappa shape index (κ2) is 61.8. The number of halogens is 12. The smallest absolute Gasteiger partial charge is 1.00 e. The molecule has 124 heavy (non-hydrogen) atoms. The number of alkyl halides is 3. The van der Waals surface area contributed by atoms with Gasteiger partial charge in [0.25, 0.3) is 17.8 Å². The van der Waals surface area contributed by atoms with E-state index in [0.717, 1.165) is 46.5 Å². The number of pyridine rings is 5. The molecule has 22 nitrogen and oxygen atoms in total. The quantitative estimate of drug-likeness (QED) is 0.0115. The van der Waals surface area contributed by atoms with Gasteiger partial charge in [-0.15, -0.1) is 11.7 Å². The van der Waals surface area contributed by atoms with Crippen LogP contribution in [0.3, 0.4) is 0 Å². The van der Waals surface area contributed by atoms with Crippen LogP contribution in [0.15, 0.2) is 193 Å². The van der Waals surface area contributed by atoms with Crippen molar-refractivity contribution in [3.05, 3.63) is 242 Å². The first-order valence-electron chi connectivity index (χ1n) is 37.9. The zero-order valence-electron chi connectivity index (χ0n) is 70.1. The standard InChI is InChI=1S/C23H20FN3O2S.C13H10N2OS.2C10H11ClFNO.C10H12ClNO2.C5H3BrClN.C5H8O2.C4H10F3NS.C3H7.CH2O3.ClH.2Cs.Mg.H/c24-23(11-14-28-15-12-23)18-4-3-13-25-21(18)29-17-9-7-16(8-10-17)26-22-27-19-5-1-2-6-20(19)30-22;16-10-7-5-9(6-8-10)14-13-15-11-3-1-2-4-12(11)17-13;2*11-9-8(2-1-5-13-9)10(12)3-6-14-7-4-10;11-9-8(2-1-5-12-9)10(13)3-6-14-7-4-10;6-4-2-1-3-8-5(4)7;6-5-1-3-7-4-2-5;1-3-8(4-2)9(5,6)7;1-3-2;2-1-4-3;;;;;/h1-10,13H,11-12,14-15H2,(H,26,27);1-8,16H,(H,14,15);2*1-2,5H,3-4,6-7H2;1-2,5,13H,3-4,6-7H2;1-3H;1-4H2;3-4H2,1-2H3;3H,1-2H3;1,3H;1H;;;;/q;;;;;;;;-1;;;2*+1;+2;-1/p-2. The van der Waals surface area contributed by atoms with Gasteiger partial charge in [0, 0.05) is 189 Å². The number of carbonyl (C=O) groups excluding carboxylic acids is 2. The minimum atomic E-state index is -4.93. The van der Waals surface area contributed by atoms with Crippen molar-refractivity contribution in [2.75, 3.05) is 89.8 Å². The number of aromatic nitrogens is 7. The van der Waals surface area contributed by atoms with Crippen LogP contribution in [0.2, 0.25) is 20.6 Å². The average Bonchev–Trinajstić information content (AvgIpc) is 1.60. The molecule has 0 spiro atoms. The van der Waals surface area contributed by atoms with Crippen LogP contribution in [0.1, 0.15) is 116 Å². The number of fused-ring (bicyclic) bond motifs is 2. The molecule has 16 rings (SSSR count). The maximum atomic E-state index is 15.4. The van der Waals surface area contributed by atoms with E-state index in [1.807, 2.05) is 111 Å². The number of hydrogen-bond acceptors (Lipinski definition) is 24. The van der Waals surface area contributed by atoms with Crippen molar-refractivity contribution < 1.29 is 235 Å². The van der Waals surface area contributed by atoms with Crippen molar-refractivity contribution in [3.63, 3.8) is 0 Å². The fourth-order valence-corrected chi connectivity index (χ4v) is 15.3. The summed E-state index contributed by atoms with van der Waals surface area (Å²) in [6.45, 7) is 12.0. The molecule has 4 aromatic carbocycles. The molecule has 5 aliphatic heterocycles. The molecule has 0 unspecified atom stereocenters. The maximum absolute atomic E-state index is 15.4. The van der Waals surface area contributed by atoms with Crippen molar-refractivity contribution in [2.45, 2.75) is 115 Å². The Bertz CT molecular complexity index is 4620. The minimum absolute atomic E-state index is 0. The Morgan fingerprint density at radius 2 is 0.879 bits per heavy atom. The Labute approximate surface area is 898 Å². The van der Waals surface area contributed by atoms with E-state index in [9.17, 15) is 35.4 Å². The summed E-state index contributed by atoms with van der Waals surface area (Å²) in [6.07, 6.45) is 14.5. The Kier molecular flexibility index (Phi) is 57.5. The van der Waals surface area contributed by atoms with Crippen LogP contribution in [-0.4, -0.2) is 164 Å². The van der Waals surface area contributed by atoms with E-state index in [0.29, 0.717) is 185 Å². The van der Waals surface area contributed by atoms with Gasteiger partial charge in [-0.3, -0.25) is 9.59 Å². The predicted molar refractivity (Wildman–Crippen MR) is 470 cm³/mol. The van der Waals surface area contributed by atoms with E-state index >= 15 is 4.39 Å². The van der Waals surface area contributed by atoms with Crippen LogP contribution >= 0.6 is 96.4 Å². The van der Waals surface area contributed by atoms with E-state index in [1.54, 1.807) is 108 Å². The number of carbonyl (C=O) groups is 2. The van der Waals surface area contributed by atoms with E-state index in [4.69, 9.17) is 84.9 Å². The summed E-state index contributed by atoms with van der Waals surface area (Å²) in [7, 11) is 0. The van der Waals surface area contributed by atoms with Gasteiger partial charge in [0.15, 0.2) is 10.3 Å². The number of para-hydroxylation sites is 2. The molecule has 11 aromatic rings. The van der Waals surface area contributed by atoms with Gasteiger partial charge in [0.1, 0.15) is 54.9 Å². The van der Waals surface area contributed by atoms with E-state index in [2.05, 4.69) is 78.5 Å². The second-order valence-electron chi connectivity index (χ2n) is 26.3. The largest absolute Gasteiger partial charge is 2.00 e. The van der Waals surface area contributed by atoms with Gasteiger partial charge in [-0.05, 0) is 131 Å². The molecule has 0 aliphatic carbocycles. The number of nitrogens with zero attached hydrogens (tertiary/aromatic N) is 8. The molecule has 0 atom stereocenters. The summed E-state index contributed by atoms with van der Waals surface area (Å²) in [4.78, 5) is 50.5. The first-order chi connectivity index (χ1) is 57.7. The molecular weight excluding hydrogens is 2100 g/mol. The number of aromatic hydroxyl groups is 1. The average molecular weight is 2190 g/mol. The number of aliphatic hydroxyl groups is 1.